The first-order valence-electron chi connectivity index (χ1n) is 6.36. The summed E-state index contributed by atoms with van der Waals surface area (Å²) >= 11 is 2.97. The van der Waals surface area contributed by atoms with E-state index in [1.807, 2.05) is 23.6 Å². The second-order valence-electron chi connectivity index (χ2n) is 4.33. The molecule has 0 aliphatic rings. The molecular formula is C13H15N5OS2. The number of thioether (sulfide) groups is 1. The van der Waals surface area contributed by atoms with Crippen LogP contribution in [0.2, 0.25) is 0 Å². The summed E-state index contributed by atoms with van der Waals surface area (Å²) in [6.07, 6.45) is 1.07. The molecule has 8 heteroatoms. The van der Waals surface area contributed by atoms with Gasteiger partial charge in [-0.15, -0.1) is 16.4 Å². The summed E-state index contributed by atoms with van der Waals surface area (Å²) in [6.45, 7) is 0.452. The Labute approximate surface area is 131 Å². The molecule has 21 heavy (non-hydrogen) atoms. The fraction of sp³-hybridized carbons (Fsp3) is 0.385. The van der Waals surface area contributed by atoms with Gasteiger partial charge in [-0.25, -0.2) is 4.98 Å². The number of carbonyl (C=O) groups excluding carboxylic acids is 1. The standard InChI is InChI=1S/C13H15N5OS2/c1-18(6-3-5-14)12(19)9-21-13-15-11(16-17-13)8-10-4-2-7-20-10/h2,4,7H,3,6,8-9H2,1H3,(H,15,16,17). The van der Waals surface area contributed by atoms with Gasteiger partial charge in [-0.05, 0) is 11.4 Å². The zero-order valence-electron chi connectivity index (χ0n) is 11.6. The highest BCUT2D eigenvalue weighted by Crippen LogP contribution is 2.16. The van der Waals surface area contributed by atoms with Gasteiger partial charge in [0.25, 0.3) is 0 Å². The Morgan fingerprint density at radius 3 is 3.19 bits per heavy atom. The molecule has 0 radical (unpaired) electrons. The van der Waals surface area contributed by atoms with Gasteiger partial charge in [0.15, 0.2) is 0 Å². The average Bonchev–Trinajstić information content (AvgIpc) is 3.14. The molecule has 2 heterocycles. The van der Waals surface area contributed by atoms with Crippen LogP contribution in [0.15, 0.2) is 22.7 Å². The van der Waals surface area contributed by atoms with E-state index in [2.05, 4.69) is 15.2 Å². The zero-order valence-corrected chi connectivity index (χ0v) is 13.2. The van der Waals surface area contributed by atoms with Gasteiger partial charge >= 0.3 is 0 Å². The molecule has 6 nitrogen and oxygen atoms in total. The Kier molecular flexibility index (Phi) is 5.78. The highest BCUT2D eigenvalue weighted by molar-refractivity contribution is 7.99. The molecule has 0 aliphatic carbocycles. The fourth-order valence-corrected chi connectivity index (χ4v) is 3.05. The van der Waals surface area contributed by atoms with Crippen LogP contribution in [0, 0.1) is 11.3 Å². The van der Waals surface area contributed by atoms with Gasteiger partial charge in [0.1, 0.15) is 5.82 Å². The maximum absolute atomic E-state index is 11.8. The van der Waals surface area contributed by atoms with E-state index in [1.54, 1.807) is 23.3 Å². The normalized spacial score (nSPS) is 10.3. The number of amides is 1. The highest BCUT2D eigenvalue weighted by Gasteiger charge is 2.11. The number of aromatic amines is 1. The molecule has 0 aromatic carbocycles. The molecule has 0 atom stereocenters. The Morgan fingerprint density at radius 1 is 1.62 bits per heavy atom. The second-order valence-corrected chi connectivity index (χ2v) is 6.31. The van der Waals surface area contributed by atoms with Gasteiger partial charge in [0.05, 0.1) is 18.2 Å². The SMILES string of the molecule is CN(CCC#N)C(=O)CSc1n[nH]c(Cc2cccs2)n1. The van der Waals surface area contributed by atoms with Gasteiger partial charge in [-0.1, -0.05) is 17.8 Å². The van der Waals surface area contributed by atoms with Crippen LogP contribution in [0.4, 0.5) is 0 Å². The molecule has 1 N–H and O–H groups in total. The number of hydrogen-bond donors (Lipinski definition) is 1. The lowest BCUT2D eigenvalue weighted by Crippen LogP contribution is -2.29. The summed E-state index contributed by atoms with van der Waals surface area (Å²) in [6, 6.07) is 6.07. The topological polar surface area (TPSA) is 85.7 Å². The minimum atomic E-state index is -0.0279. The molecule has 0 spiro atoms. The van der Waals surface area contributed by atoms with Crippen molar-refractivity contribution in [3.8, 4) is 6.07 Å². The van der Waals surface area contributed by atoms with Crippen molar-refractivity contribution in [2.75, 3.05) is 19.3 Å². The van der Waals surface area contributed by atoms with Gasteiger partial charge in [0.2, 0.25) is 11.1 Å². The number of carbonyl (C=O) groups is 1. The van der Waals surface area contributed by atoms with E-state index in [0.717, 1.165) is 12.2 Å². The second kappa shape index (κ2) is 7.81. The Morgan fingerprint density at radius 2 is 2.48 bits per heavy atom. The summed E-state index contributed by atoms with van der Waals surface area (Å²) in [5.41, 5.74) is 0. The number of nitriles is 1. The van der Waals surface area contributed by atoms with Crippen LogP contribution >= 0.6 is 23.1 Å². The van der Waals surface area contributed by atoms with E-state index >= 15 is 0 Å². The average molecular weight is 321 g/mol. The van der Waals surface area contributed by atoms with Crippen molar-refractivity contribution in [2.45, 2.75) is 18.0 Å². The first-order chi connectivity index (χ1) is 10.2. The van der Waals surface area contributed by atoms with E-state index in [-0.39, 0.29) is 11.7 Å². The smallest absolute Gasteiger partial charge is 0.232 e. The Bertz CT molecular complexity index is 617. The van der Waals surface area contributed by atoms with Crippen molar-refractivity contribution in [2.24, 2.45) is 0 Å². The lowest BCUT2D eigenvalue weighted by molar-refractivity contribution is -0.127. The molecule has 0 bridgehead atoms. The van der Waals surface area contributed by atoms with E-state index in [0.29, 0.717) is 18.1 Å². The van der Waals surface area contributed by atoms with Gasteiger partial charge in [-0.2, -0.15) is 5.26 Å². The molecule has 0 unspecified atom stereocenters. The maximum Gasteiger partial charge on any atom is 0.232 e. The van der Waals surface area contributed by atoms with Crippen LogP contribution in [-0.4, -0.2) is 45.3 Å². The molecule has 0 aliphatic heterocycles. The van der Waals surface area contributed by atoms with E-state index in [4.69, 9.17) is 5.26 Å². The van der Waals surface area contributed by atoms with E-state index < -0.39 is 0 Å². The van der Waals surface area contributed by atoms with Crippen molar-refractivity contribution in [3.63, 3.8) is 0 Å². The first-order valence-corrected chi connectivity index (χ1v) is 8.23. The zero-order chi connectivity index (χ0) is 15.1. The highest BCUT2D eigenvalue weighted by atomic mass is 32.2. The van der Waals surface area contributed by atoms with Crippen molar-refractivity contribution < 1.29 is 4.79 Å². The summed E-state index contributed by atoms with van der Waals surface area (Å²) in [7, 11) is 1.69. The van der Waals surface area contributed by atoms with Crippen LogP contribution in [0.5, 0.6) is 0 Å². The van der Waals surface area contributed by atoms with Crippen molar-refractivity contribution in [1.82, 2.24) is 20.1 Å². The summed E-state index contributed by atoms with van der Waals surface area (Å²) in [5.74, 6) is 1.04. The number of nitrogens with zero attached hydrogens (tertiary/aromatic N) is 4. The third-order valence-electron chi connectivity index (χ3n) is 2.74. The predicted molar refractivity (Wildman–Crippen MR) is 82.1 cm³/mol. The number of rotatable bonds is 7. The predicted octanol–water partition coefficient (Wildman–Crippen LogP) is 1.92. The van der Waals surface area contributed by atoms with Crippen molar-refractivity contribution >= 4 is 29.0 Å². The summed E-state index contributed by atoms with van der Waals surface area (Å²) < 4.78 is 0. The van der Waals surface area contributed by atoms with Crippen molar-refractivity contribution in [1.29, 1.82) is 5.26 Å². The van der Waals surface area contributed by atoms with Gasteiger partial charge in [-0.3, -0.25) is 9.89 Å². The fourth-order valence-electron chi connectivity index (χ4n) is 1.58. The van der Waals surface area contributed by atoms with Gasteiger partial charge < -0.3 is 4.90 Å². The monoisotopic (exact) mass is 321 g/mol. The Hall–Kier alpha value is -1.85. The third-order valence-corrected chi connectivity index (χ3v) is 4.45. The van der Waals surface area contributed by atoms with Gasteiger partial charge in [0, 0.05) is 24.9 Å². The first kappa shape index (κ1) is 15.5. The largest absolute Gasteiger partial charge is 0.344 e. The number of H-pyrrole nitrogens is 1. The molecule has 0 saturated heterocycles. The lowest BCUT2D eigenvalue weighted by atomic mass is 10.3. The quantitative estimate of drug-likeness (QED) is 0.787. The molecule has 0 saturated carbocycles. The minimum absolute atomic E-state index is 0.0279. The van der Waals surface area contributed by atoms with Crippen LogP contribution in [-0.2, 0) is 11.2 Å². The van der Waals surface area contributed by atoms with Crippen LogP contribution in [0.3, 0.4) is 0 Å². The van der Waals surface area contributed by atoms with E-state index in [9.17, 15) is 4.79 Å². The molecule has 2 aromatic heterocycles. The summed E-state index contributed by atoms with van der Waals surface area (Å²) in [5, 5.41) is 18.1. The van der Waals surface area contributed by atoms with Crippen LogP contribution in [0.1, 0.15) is 17.1 Å². The Balaban J connectivity index is 1.80. The molecule has 2 rings (SSSR count). The van der Waals surface area contributed by atoms with Crippen LogP contribution in [0.25, 0.3) is 0 Å². The van der Waals surface area contributed by atoms with Crippen molar-refractivity contribution in [3.05, 3.63) is 28.2 Å². The molecule has 0 fully saturated rings. The lowest BCUT2D eigenvalue weighted by Gasteiger charge is -2.14. The number of hydrogen-bond acceptors (Lipinski definition) is 6. The molecule has 2 aromatic rings. The summed E-state index contributed by atoms with van der Waals surface area (Å²) in [4.78, 5) is 18.9. The molecule has 1 amide bonds. The number of nitrogens with one attached hydrogen (secondary N) is 1. The number of thiophene rings is 1. The van der Waals surface area contributed by atoms with Crippen LogP contribution < -0.4 is 0 Å². The third kappa shape index (κ3) is 4.88. The van der Waals surface area contributed by atoms with E-state index in [1.165, 1.54) is 16.6 Å². The molecule has 110 valence electrons. The molecular weight excluding hydrogens is 306 g/mol. The number of aromatic nitrogens is 3. The maximum atomic E-state index is 11.8. The minimum Gasteiger partial charge on any atom is -0.344 e.